The molecule has 4 unspecified atom stereocenters. The molecule has 12 rings (SSSR count). The maximum Gasteiger partial charge on any atom is 0.341 e. The lowest BCUT2D eigenvalue weighted by atomic mass is 9.83. The second-order valence-electron chi connectivity index (χ2n) is 32.5. The molecule has 0 aromatic heterocycles. The Morgan fingerprint density at radius 2 is 1.31 bits per heavy atom. The zero-order chi connectivity index (χ0) is 90.7. The molecular formula is C83H112Cl2N11O27P. The Bertz CT molecular complexity index is 4750. The fraction of sp³-hybridized carbons (Fsp3) is 0.542. The number of aromatic hydroxyl groups is 3. The minimum Gasteiger partial charge on any atom is -0.507 e. The number of aliphatic hydroxyl groups excluding tert-OH is 6. The van der Waals surface area contributed by atoms with Crippen LogP contribution in [0.1, 0.15) is 169 Å². The van der Waals surface area contributed by atoms with Crippen molar-refractivity contribution in [3.63, 3.8) is 0 Å². The lowest BCUT2D eigenvalue weighted by Crippen LogP contribution is -2.66. The number of hydrogen-bond acceptors (Lipinski definition) is 29. The first kappa shape index (κ1) is 97.1. The molecule has 0 saturated carbocycles. The third-order valence-electron chi connectivity index (χ3n) is 22.8. The highest BCUT2D eigenvalue weighted by molar-refractivity contribution is 7.52. The molecule has 7 amide bonds. The smallest absolute Gasteiger partial charge is 0.341 e. The number of ether oxygens (including phenoxy) is 6. The topological polar surface area (TPSA) is 570 Å². The number of carbonyl (C=O) groups is 8. The Morgan fingerprint density at radius 1 is 0.710 bits per heavy atom. The van der Waals surface area contributed by atoms with Crippen LogP contribution >= 0.6 is 30.8 Å². The van der Waals surface area contributed by atoms with E-state index < -0.39 is 269 Å². The number of aliphatic carboxylic acids is 1. The Labute approximate surface area is 725 Å². The molecule has 19 atom stereocenters. The second-order valence-corrected chi connectivity index (χ2v) is 35.3. The van der Waals surface area contributed by atoms with Gasteiger partial charge in [0.05, 0.1) is 58.7 Å². The summed E-state index contributed by atoms with van der Waals surface area (Å²) in [4.78, 5) is 133. The lowest BCUT2D eigenvalue weighted by Gasteiger charge is -2.51. The van der Waals surface area contributed by atoms with E-state index >= 15 is 24.0 Å². The number of carboxylic acids is 1. The van der Waals surface area contributed by atoms with Gasteiger partial charge in [-0.2, -0.15) is 0 Å². The van der Waals surface area contributed by atoms with E-state index in [0.29, 0.717) is 13.1 Å². The quantitative estimate of drug-likeness (QED) is 0.0220. The first-order valence-corrected chi connectivity index (χ1v) is 43.4. The number of rotatable bonds is 31. The summed E-state index contributed by atoms with van der Waals surface area (Å²) in [6, 6.07) is -2.04. The van der Waals surface area contributed by atoms with Crippen LogP contribution < -0.4 is 62.5 Å². The van der Waals surface area contributed by atoms with E-state index in [1.54, 1.807) is 32.8 Å². The zero-order valence-corrected chi connectivity index (χ0v) is 72.4. The van der Waals surface area contributed by atoms with Gasteiger partial charge in [-0.3, -0.25) is 47.9 Å². The summed E-state index contributed by atoms with van der Waals surface area (Å²) in [7, 11) is 1.59. The number of nitrogens with two attached hydrogens (primary N) is 1. The van der Waals surface area contributed by atoms with Crippen molar-refractivity contribution >= 4 is 78.1 Å². The van der Waals surface area contributed by atoms with E-state index in [1.807, 2.05) is 25.8 Å². The fourth-order valence-corrected chi connectivity index (χ4v) is 16.6. The Balaban J connectivity index is 1.18. The van der Waals surface area contributed by atoms with Crippen molar-refractivity contribution in [2.75, 3.05) is 60.8 Å². The largest absolute Gasteiger partial charge is 0.507 e. The summed E-state index contributed by atoms with van der Waals surface area (Å²) in [5.74, 6) is -16.8. The third-order valence-corrected chi connectivity index (χ3v) is 24.6. The summed E-state index contributed by atoms with van der Waals surface area (Å²) in [5, 5.41) is 139. The number of carboxylic acid groups (broad SMARTS) is 1. The molecule has 0 radical (unpaired) electrons. The number of amides is 7. The summed E-state index contributed by atoms with van der Waals surface area (Å²) in [5.41, 5.74) is 0.833. The first-order valence-electron chi connectivity index (χ1n) is 40.9. The molecule has 5 aromatic carbocycles. The molecule has 41 heteroatoms. The van der Waals surface area contributed by atoms with Crippen molar-refractivity contribution in [2.45, 2.75) is 221 Å². The Morgan fingerprint density at radius 3 is 1.91 bits per heavy atom. The number of nitrogens with zero attached hydrogens (tertiary/aromatic N) is 2. The number of phenols is 3. The Kier molecular flexibility index (Phi) is 33.2. The highest BCUT2D eigenvalue weighted by Gasteiger charge is 2.53. The number of carbonyl (C=O) groups excluding carboxylic acids is 7. The van der Waals surface area contributed by atoms with Crippen molar-refractivity contribution in [1.82, 2.24) is 52.3 Å². The van der Waals surface area contributed by atoms with Gasteiger partial charge >= 0.3 is 13.6 Å². The first-order chi connectivity index (χ1) is 58.7. The molecule has 0 spiro atoms. The molecule has 7 aliphatic rings. The summed E-state index contributed by atoms with van der Waals surface area (Å²) >= 11 is 14.4. The van der Waals surface area contributed by atoms with Gasteiger partial charge in [0, 0.05) is 49.9 Å². The average Bonchev–Trinajstić information content (AvgIpc) is 0.760. The number of benzene rings is 5. The van der Waals surface area contributed by atoms with Crippen LogP contribution in [0.5, 0.6) is 46.0 Å². The van der Waals surface area contributed by atoms with Crippen molar-refractivity contribution in [3.8, 4) is 57.1 Å². The van der Waals surface area contributed by atoms with Crippen LogP contribution in [-0.4, -0.2) is 253 Å². The van der Waals surface area contributed by atoms with E-state index in [-0.39, 0.29) is 40.7 Å². The van der Waals surface area contributed by atoms with Gasteiger partial charge in [0.2, 0.25) is 53.4 Å². The van der Waals surface area contributed by atoms with Crippen molar-refractivity contribution in [3.05, 3.63) is 116 Å². The maximum atomic E-state index is 16.4. The number of phenolic OH excluding ortho intramolecular Hbond substituents is 3. The van der Waals surface area contributed by atoms with E-state index in [4.69, 9.17) is 57.4 Å². The summed E-state index contributed by atoms with van der Waals surface area (Å²) < 4.78 is 57.0. The van der Waals surface area contributed by atoms with Gasteiger partial charge < -0.3 is 137 Å². The van der Waals surface area contributed by atoms with E-state index in [9.17, 15) is 74.9 Å². The molecule has 21 N–H and O–H groups in total. The van der Waals surface area contributed by atoms with E-state index in [0.717, 1.165) is 93.6 Å². The highest BCUT2D eigenvalue weighted by atomic mass is 35.5. The van der Waals surface area contributed by atoms with Crippen LogP contribution in [-0.2, 0) is 68.2 Å². The molecule has 7 heterocycles. The van der Waals surface area contributed by atoms with Crippen LogP contribution in [0.2, 0.25) is 10.0 Å². The molecule has 680 valence electrons. The van der Waals surface area contributed by atoms with E-state index in [1.165, 1.54) is 44.2 Å². The minimum absolute atomic E-state index is 0.102. The van der Waals surface area contributed by atoms with E-state index in [2.05, 4.69) is 54.0 Å². The van der Waals surface area contributed by atoms with Crippen LogP contribution in [0, 0.1) is 5.92 Å². The monoisotopic (exact) mass is 1800 g/mol. The van der Waals surface area contributed by atoms with Crippen molar-refractivity contribution in [1.29, 1.82) is 0 Å². The normalized spacial score (nSPS) is 26.8. The predicted octanol–water partition coefficient (Wildman–Crippen LogP) is 4.03. The van der Waals surface area contributed by atoms with Gasteiger partial charge in [0.15, 0.2) is 29.9 Å². The number of hydrogen-bond donors (Lipinski definition) is 20. The minimum atomic E-state index is -4.36. The molecule has 0 aliphatic carbocycles. The molecule has 2 saturated heterocycles. The molecule has 124 heavy (non-hydrogen) atoms. The highest BCUT2D eigenvalue weighted by Crippen LogP contribution is 2.51. The van der Waals surface area contributed by atoms with Gasteiger partial charge in [-0.05, 0) is 137 Å². The summed E-state index contributed by atoms with van der Waals surface area (Å²) in [6.45, 7) is 9.32. The zero-order valence-electron chi connectivity index (χ0n) is 70.0. The van der Waals surface area contributed by atoms with Gasteiger partial charge in [-0.1, -0.05) is 107 Å². The number of halogens is 2. The van der Waals surface area contributed by atoms with Crippen LogP contribution in [0.3, 0.4) is 0 Å². The average molecular weight is 1800 g/mol. The number of nitrogens with one attached hydrogen (secondary N) is 8. The number of primary amides is 1. The van der Waals surface area contributed by atoms with Gasteiger partial charge in [0.1, 0.15) is 89.5 Å². The molecular weight excluding hydrogens is 1680 g/mol. The van der Waals surface area contributed by atoms with Gasteiger partial charge in [0.25, 0.3) is 0 Å². The standard InChI is InChI=1S/C83H112Cl2N11O27P/c1-10-11-12-13-14-15-16-17-24-87-25-26-96(8)83(5)35-60(118-40(4)74(83)106)122-73-71(105)70(104)58(37-97)121-82(73)123-72-56-31-44-32-57(72)120-55-23-20-43(30-49(55)85)68(102)66-80(112)92-64(81(113)114)46-33-53(99)47(36-88-38-124(115,116)117-9)69(103)61(46)45-28-41(18-21-52(45)98)62(77(109)94-66)91-78(110)63(44)90-75(107)50(34-59(86)100)89-79(111)65(93-76(108)51(95(6)7)27-39(2)3)67(101)42-19-22-54(119-56)48(84)29-42/h18-23,28-33,39-40,50-51,58,60,62-68,70-71,73-74,82,87-88,97-99,101-106H,10-17,24-27,34-38H2,1-9H3,(H2,86,100)(H,89,111)(H,90,107)(H,91,110)(H,92,112)(H,93,108)(H,94,109)(H,113,114)(H,115,116)/t40-,50-,51+,58+,60?,62+,63+,64-,65+,66-,67+,68+,70+,71-,73?,74+,82?,83-/m0/s1. The van der Waals surface area contributed by atoms with Gasteiger partial charge in [-0.25, -0.2) is 4.79 Å². The van der Waals surface area contributed by atoms with Crippen LogP contribution in [0.15, 0.2) is 72.8 Å². The fourth-order valence-electron chi connectivity index (χ4n) is 15.6. The number of unbranched alkanes of at least 4 members (excludes halogenated alkanes) is 7. The number of fused-ring (bicyclic) bond motifs is 15. The number of likely N-dealkylation sites (N-methyl/N-ethyl adjacent to an activating group) is 2. The third kappa shape index (κ3) is 23.0. The molecule has 11 bridgehead atoms. The molecule has 38 nitrogen and oxygen atoms in total. The van der Waals surface area contributed by atoms with Crippen LogP contribution in [0.25, 0.3) is 11.1 Å². The van der Waals surface area contributed by atoms with Gasteiger partial charge in [-0.15, -0.1) is 0 Å². The predicted molar refractivity (Wildman–Crippen MR) is 446 cm³/mol. The summed E-state index contributed by atoms with van der Waals surface area (Å²) in [6.07, 6.45) is -10.2. The van der Waals surface area contributed by atoms with Crippen molar-refractivity contribution in [2.24, 2.45) is 11.7 Å². The molecule has 5 aromatic rings. The maximum absolute atomic E-state index is 16.4. The molecule has 2 fully saturated rings. The Hall–Kier alpha value is -9.13. The second kappa shape index (κ2) is 42.4. The van der Waals surface area contributed by atoms with Crippen molar-refractivity contribution < 1.29 is 132 Å². The van der Waals surface area contributed by atoms with Crippen LogP contribution in [0.4, 0.5) is 0 Å². The SMILES string of the molecule is CCCCCCCCCCNCCN(C)[C@@]1(C)CC(OC2C(Oc3c4cc5cc3Oc3ccc(cc3Cl)[C@@H](O)[C@@H](NC(=O)[C@@H](CC(C)C)N(C)C)C(=O)N[C@@H](CC(N)=O)C(=O)N[C@H]5C(=O)N[C@H]3C(=O)N[C@H](C(=O)N[C@H](C(=O)O)c5cc(O)c(CNCP(=O)(O)OC)c(O)c5-c5cc3ccc5O)[C@H](O)c3ccc(c(Cl)c3)O4)O[C@H](CO)[C@@H](O)[C@@H]2O)O[C@@H](C)[C@H]1O. The lowest BCUT2D eigenvalue weighted by molar-refractivity contribution is -0.338. The molecule has 7 aliphatic heterocycles. The number of aliphatic hydroxyl groups is 6.